The van der Waals surface area contributed by atoms with Crippen LogP contribution in [0.5, 0.6) is 0 Å². The van der Waals surface area contributed by atoms with Crippen molar-refractivity contribution in [3.05, 3.63) is 36.2 Å². The van der Waals surface area contributed by atoms with Gasteiger partial charge in [0.05, 0.1) is 5.92 Å². The smallest absolute Gasteiger partial charge is 0.308 e. The number of hydrogen-bond acceptors (Lipinski definition) is 5. The Labute approximate surface area is 120 Å². The largest absolute Gasteiger partial charge is 0.481 e. The van der Waals surface area contributed by atoms with E-state index in [1.54, 1.807) is 29.2 Å². The van der Waals surface area contributed by atoms with Gasteiger partial charge in [-0.25, -0.2) is 0 Å². The molecule has 7 heteroatoms. The number of hydrogen-bond donors (Lipinski definition) is 1. The van der Waals surface area contributed by atoms with Crippen molar-refractivity contribution in [3.63, 3.8) is 0 Å². The van der Waals surface area contributed by atoms with Crippen LogP contribution in [-0.4, -0.2) is 45.1 Å². The summed E-state index contributed by atoms with van der Waals surface area (Å²) in [6, 6.07) is 6.84. The number of carboxylic acid groups (broad SMARTS) is 1. The van der Waals surface area contributed by atoms with E-state index in [9.17, 15) is 9.59 Å². The van der Waals surface area contributed by atoms with Crippen molar-refractivity contribution in [2.24, 2.45) is 5.92 Å². The van der Waals surface area contributed by atoms with Gasteiger partial charge in [0.25, 0.3) is 5.91 Å². The molecule has 0 saturated carbocycles. The Hall–Kier alpha value is -2.70. The minimum absolute atomic E-state index is 0.154. The molecule has 1 atom stereocenters. The van der Waals surface area contributed by atoms with E-state index >= 15 is 0 Å². The summed E-state index contributed by atoms with van der Waals surface area (Å²) in [5, 5.41) is 12.7. The lowest BCUT2D eigenvalue weighted by atomic mass is 10.1. The van der Waals surface area contributed by atoms with Crippen molar-refractivity contribution in [3.8, 4) is 11.4 Å². The normalized spacial score (nSPS) is 17.9. The minimum Gasteiger partial charge on any atom is -0.481 e. The number of benzene rings is 1. The molecule has 108 valence electrons. The number of aromatic nitrogens is 2. The highest BCUT2D eigenvalue weighted by Gasteiger charge is 2.31. The van der Waals surface area contributed by atoms with E-state index in [-0.39, 0.29) is 12.5 Å². The molecular formula is C14H13N3O4. The van der Waals surface area contributed by atoms with Crippen molar-refractivity contribution in [2.75, 3.05) is 13.1 Å². The van der Waals surface area contributed by atoms with E-state index in [0.717, 1.165) is 5.56 Å². The molecule has 0 spiro atoms. The van der Waals surface area contributed by atoms with Crippen LogP contribution < -0.4 is 0 Å². The highest BCUT2D eigenvalue weighted by atomic mass is 16.5. The number of rotatable bonds is 3. The van der Waals surface area contributed by atoms with E-state index < -0.39 is 11.9 Å². The molecule has 1 aliphatic heterocycles. The molecule has 21 heavy (non-hydrogen) atoms. The fraction of sp³-hybridized carbons (Fsp3) is 0.286. The van der Waals surface area contributed by atoms with Crippen LogP contribution in [0.1, 0.15) is 16.8 Å². The van der Waals surface area contributed by atoms with Crippen LogP contribution >= 0.6 is 0 Å². The number of carboxylic acids is 1. The molecule has 0 radical (unpaired) electrons. The van der Waals surface area contributed by atoms with Crippen molar-refractivity contribution < 1.29 is 19.2 Å². The summed E-state index contributed by atoms with van der Waals surface area (Å²) in [6.07, 6.45) is 1.74. The van der Waals surface area contributed by atoms with E-state index in [1.165, 1.54) is 6.39 Å². The first-order valence-electron chi connectivity index (χ1n) is 6.54. The summed E-state index contributed by atoms with van der Waals surface area (Å²) >= 11 is 0. The lowest BCUT2D eigenvalue weighted by molar-refractivity contribution is -0.141. The van der Waals surface area contributed by atoms with Gasteiger partial charge in [-0.1, -0.05) is 17.3 Å². The number of aliphatic carboxylic acids is 1. The molecule has 1 aromatic heterocycles. The molecule has 0 aliphatic carbocycles. The Morgan fingerprint density at radius 2 is 2.05 bits per heavy atom. The van der Waals surface area contributed by atoms with Crippen LogP contribution in [0.3, 0.4) is 0 Å². The van der Waals surface area contributed by atoms with Crippen molar-refractivity contribution in [1.82, 2.24) is 15.0 Å². The van der Waals surface area contributed by atoms with E-state index in [4.69, 9.17) is 5.11 Å². The summed E-state index contributed by atoms with van der Waals surface area (Å²) in [4.78, 5) is 28.7. The van der Waals surface area contributed by atoms with E-state index in [2.05, 4.69) is 14.7 Å². The second-order valence-corrected chi connectivity index (χ2v) is 4.91. The predicted molar refractivity (Wildman–Crippen MR) is 71.4 cm³/mol. The molecular weight excluding hydrogens is 274 g/mol. The molecule has 3 rings (SSSR count). The van der Waals surface area contributed by atoms with Gasteiger partial charge in [-0.15, -0.1) is 0 Å². The van der Waals surface area contributed by atoms with Crippen LogP contribution in [-0.2, 0) is 4.79 Å². The van der Waals surface area contributed by atoms with Crippen LogP contribution in [0.15, 0.2) is 35.2 Å². The highest BCUT2D eigenvalue weighted by Crippen LogP contribution is 2.20. The molecule has 0 bridgehead atoms. The predicted octanol–water partition coefficient (Wildman–Crippen LogP) is 1.28. The van der Waals surface area contributed by atoms with E-state index in [1.807, 2.05) is 0 Å². The zero-order valence-corrected chi connectivity index (χ0v) is 11.1. The standard InChI is InChI=1S/C14H13N3O4/c18-13(17-6-5-11(7-17)14(19)20)10-3-1-9(2-4-10)12-15-8-21-16-12/h1-4,8,11H,5-7H2,(H,19,20)/t11-/m1/s1. The van der Waals surface area contributed by atoms with Crippen LogP contribution in [0.25, 0.3) is 11.4 Å². The summed E-state index contributed by atoms with van der Waals surface area (Å²) < 4.78 is 4.67. The molecule has 1 fully saturated rings. The SMILES string of the molecule is O=C(O)[C@@H]1CCN(C(=O)c2ccc(-c3ncon3)cc2)C1. The second kappa shape index (κ2) is 5.35. The Morgan fingerprint density at radius 3 is 2.62 bits per heavy atom. The zero-order chi connectivity index (χ0) is 14.8. The first kappa shape index (κ1) is 13.3. The monoisotopic (exact) mass is 287 g/mol. The Bertz CT molecular complexity index is 651. The lowest BCUT2D eigenvalue weighted by Gasteiger charge is -2.15. The number of carbonyl (C=O) groups excluding carboxylic acids is 1. The summed E-state index contributed by atoms with van der Waals surface area (Å²) in [5.74, 6) is -1.01. The molecule has 1 aliphatic rings. The Morgan fingerprint density at radius 1 is 1.29 bits per heavy atom. The Balaban J connectivity index is 1.72. The molecule has 7 nitrogen and oxygen atoms in total. The van der Waals surface area contributed by atoms with Gasteiger partial charge >= 0.3 is 5.97 Å². The maximum atomic E-state index is 12.3. The number of carbonyl (C=O) groups is 2. The average Bonchev–Trinajstić information content (AvgIpc) is 3.18. The van der Waals surface area contributed by atoms with Gasteiger partial charge in [-0.2, -0.15) is 4.98 Å². The second-order valence-electron chi connectivity index (χ2n) is 4.91. The molecule has 0 unspecified atom stereocenters. The zero-order valence-electron chi connectivity index (χ0n) is 11.1. The van der Waals surface area contributed by atoms with E-state index in [0.29, 0.717) is 24.4 Å². The number of amides is 1. The third kappa shape index (κ3) is 2.62. The molecule has 2 aromatic rings. The average molecular weight is 287 g/mol. The van der Waals surface area contributed by atoms with Gasteiger partial charge in [0, 0.05) is 24.2 Å². The van der Waals surface area contributed by atoms with Crippen LogP contribution in [0.2, 0.25) is 0 Å². The molecule has 1 saturated heterocycles. The minimum atomic E-state index is -0.849. The van der Waals surface area contributed by atoms with Gasteiger partial charge in [0.1, 0.15) is 0 Å². The maximum absolute atomic E-state index is 12.3. The fourth-order valence-corrected chi connectivity index (χ4v) is 2.39. The summed E-state index contributed by atoms with van der Waals surface area (Å²) in [5.41, 5.74) is 1.28. The van der Waals surface area contributed by atoms with Crippen LogP contribution in [0, 0.1) is 5.92 Å². The Kier molecular flexibility index (Phi) is 3.39. The van der Waals surface area contributed by atoms with Crippen molar-refractivity contribution in [2.45, 2.75) is 6.42 Å². The molecule has 1 N–H and O–H groups in total. The summed E-state index contributed by atoms with van der Waals surface area (Å²) in [6.45, 7) is 0.739. The van der Waals surface area contributed by atoms with Crippen molar-refractivity contribution in [1.29, 1.82) is 0 Å². The van der Waals surface area contributed by atoms with Crippen LogP contribution in [0.4, 0.5) is 0 Å². The molecule has 1 amide bonds. The van der Waals surface area contributed by atoms with Gasteiger partial charge < -0.3 is 14.5 Å². The van der Waals surface area contributed by atoms with Gasteiger partial charge in [0.15, 0.2) is 0 Å². The summed E-state index contributed by atoms with van der Waals surface area (Å²) in [7, 11) is 0. The third-order valence-electron chi connectivity index (χ3n) is 3.58. The topological polar surface area (TPSA) is 96.5 Å². The van der Waals surface area contributed by atoms with Crippen molar-refractivity contribution >= 4 is 11.9 Å². The third-order valence-corrected chi connectivity index (χ3v) is 3.58. The van der Waals surface area contributed by atoms with Gasteiger partial charge in [-0.3, -0.25) is 9.59 Å². The molecule has 1 aromatic carbocycles. The maximum Gasteiger partial charge on any atom is 0.308 e. The molecule has 2 heterocycles. The van der Waals surface area contributed by atoms with Gasteiger partial charge in [-0.05, 0) is 18.6 Å². The fourth-order valence-electron chi connectivity index (χ4n) is 2.39. The number of likely N-dealkylation sites (tertiary alicyclic amines) is 1. The highest BCUT2D eigenvalue weighted by molar-refractivity contribution is 5.95. The quantitative estimate of drug-likeness (QED) is 0.913. The lowest BCUT2D eigenvalue weighted by Crippen LogP contribution is -2.29. The first-order valence-corrected chi connectivity index (χ1v) is 6.54. The number of nitrogens with zero attached hydrogens (tertiary/aromatic N) is 3. The van der Waals surface area contributed by atoms with Gasteiger partial charge in [0.2, 0.25) is 12.2 Å². The first-order chi connectivity index (χ1) is 10.1.